The van der Waals surface area contributed by atoms with Gasteiger partial charge in [0, 0.05) is 5.56 Å². The summed E-state index contributed by atoms with van der Waals surface area (Å²) in [6, 6.07) is 4.41. The Morgan fingerprint density at radius 3 is 2.40 bits per heavy atom. The molecule has 0 aliphatic heterocycles. The highest BCUT2D eigenvalue weighted by Crippen LogP contribution is 2.36. The van der Waals surface area contributed by atoms with Gasteiger partial charge < -0.3 is 9.47 Å². The van der Waals surface area contributed by atoms with Crippen molar-refractivity contribution in [3.63, 3.8) is 0 Å². The smallest absolute Gasteiger partial charge is 0.126 e. The molecule has 0 aromatic heterocycles. The molecule has 0 unspecified atom stereocenters. The van der Waals surface area contributed by atoms with Crippen LogP contribution in [-0.4, -0.2) is 14.2 Å². The Hall–Kier alpha value is -1.96. The van der Waals surface area contributed by atoms with Gasteiger partial charge in [0.05, 0.1) is 20.0 Å². The number of benzene rings is 1. The molecule has 2 heteroatoms. The second kappa shape index (κ2) is 8.42. The van der Waals surface area contributed by atoms with Crippen LogP contribution in [0.1, 0.15) is 62.1 Å². The molecule has 1 saturated carbocycles. The molecule has 2 aliphatic carbocycles. The number of methoxy groups -OCH3 is 2. The fourth-order valence-electron chi connectivity index (χ4n) is 3.94. The summed E-state index contributed by atoms with van der Waals surface area (Å²) in [7, 11) is 3.51. The minimum atomic E-state index is 0.951. The third kappa shape index (κ3) is 4.18. The van der Waals surface area contributed by atoms with Gasteiger partial charge in [0.25, 0.3) is 0 Å². The number of aryl methyl sites for hydroxylation is 1. The van der Waals surface area contributed by atoms with E-state index in [2.05, 4.69) is 30.4 Å². The molecule has 0 heterocycles. The third-order valence-electron chi connectivity index (χ3n) is 5.47. The Bertz CT molecular complexity index is 707. The predicted molar refractivity (Wildman–Crippen MR) is 105 cm³/mol. The maximum atomic E-state index is 5.71. The SMILES string of the molecule is CO/C(C)=C/C=C1/CCCC/C1=C\c1c(OC)ccc2c1CCCC2. The van der Waals surface area contributed by atoms with Gasteiger partial charge in [-0.2, -0.15) is 0 Å². The van der Waals surface area contributed by atoms with E-state index >= 15 is 0 Å². The lowest BCUT2D eigenvalue weighted by Crippen LogP contribution is -2.07. The maximum absolute atomic E-state index is 5.71. The number of ether oxygens (including phenoxy) is 2. The Morgan fingerprint density at radius 1 is 0.920 bits per heavy atom. The molecule has 0 radical (unpaired) electrons. The molecule has 2 aliphatic rings. The van der Waals surface area contributed by atoms with E-state index in [-0.39, 0.29) is 0 Å². The zero-order valence-corrected chi connectivity index (χ0v) is 15.9. The molecule has 0 atom stereocenters. The molecule has 1 aromatic rings. The largest absolute Gasteiger partial charge is 0.501 e. The average molecular weight is 338 g/mol. The van der Waals surface area contributed by atoms with Crippen molar-refractivity contribution in [3.05, 3.63) is 57.9 Å². The summed E-state index contributed by atoms with van der Waals surface area (Å²) in [6.07, 6.45) is 16.6. The van der Waals surface area contributed by atoms with Crippen LogP contribution in [0.4, 0.5) is 0 Å². The van der Waals surface area contributed by atoms with E-state index in [1.165, 1.54) is 66.4 Å². The molecule has 1 fully saturated rings. The minimum absolute atomic E-state index is 0.951. The van der Waals surface area contributed by atoms with Gasteiger partial charge in [-0.3, -0.25) is 0 Å². The third-order valence-corrected chi connectivity index (χ3v) is 5.47. The lowest BCUT2D eigenvalue weighted by molar-refractivity contribution is 0.293. The van der Waals surface area contributed by atoms with E-state index in [1.807, 2.05) is 6.92 Å². The molecule has 3 rings (SSSR count). The van der Waals surface area contributed by atoms with Gasteiger partial charge in [0.2, 0.25) is 0 Å². The van der Waals surface area contributed by atoms with Gasteiger partial charge in [-0.15, -0.1) is 0 Å². The van der Waals surface area contributed by atoms with Crippen LogP contribution >= 0.6 is 0 Å². The highest BCUT2D eigenvalue weighted by Gasteiger charge is 2.18. The fourth-order valence-corrected chi connectivity index (χ4v) is 3.94. The van der Waals surface area contributed by atoms with Crippen molar-refractivity contribution in [1.82, 2.24) is 0 Å². The van der Waals surface area contributed by atoms with Gasteiger partial charge in [-0.25, -0.2) is 0 Å². The molecular weight excluding hydrogens is 308 g/mol. The molecular formula is C23H30O2. The molecule has 25 heavy (non-hydrogen) atoms. The van der Waals surface area contributed by atoms with Crippen molar-refractivity contribution in [2.75, 3.05) is 14.2 Å². The van der Waals surface area contributed by atoms with Crippen molar-refractivity contribution in [1.29, 1.82) is 0 Å². The molecule has 1 aromatic carbocycles. The van der Waals surface area contributed by atoms with Gasteiger partial charge in [0.15, 0.2) is 0 Å². The van der Waals surface area contributed by atoms with Gasteiger partial charge in [-0.05, 0) is 98.8 Å². The lowest BCUT2D eigenvalue weighted by atomic mass is 9.84. The van der Waals surface area contributed by atoms with Crippen molar-refractivity contribution >= 4 is 6.08 Å². The van der Waals surface area contributed by atoms with E-state index in [0.29, 0.717) is 0 Å². The van der Waals surface area contributed by atoms with Crippen LogP contribution < -0.4 is 4.74 Å². The summed E-state index contributed by atoms with van der Waals surface area (Å²) in [5, 5.41) is 0. The number of allylic oxidation sites excluding steroid dienone is 5. The highest BCUT2D eigenvalue weighted by molar-refractivity contribution is 5.68. The first-order chi connectivity index (χ1) is 12.2. The topological polar surface area (TPSA) is 18.5 Å². The first kappa shape index (κ1) is 17.8. The second-order valence-electron chi connectivity index (χ2n) is 7.08. The van der Waals surface area contributed by atoms with Crippen LogP contribution in [0.3, 0.4) is 0 Å². The molecule has 2 nitrogen and oxygen atoms in total. The Morgan fingerprint density at radius 2 is 1.64 bits per heavy atom. The summed E-state index contributed by atoms with van der Waals surface area (Å²) in [4.78, 5) is 0. The first-order valence-corrected chi connectivity index (χ1v) is 9.54. The zero-order chi connectivity index (χ0) is 17.6. The lowest BCUT2D eigenvalue weighted by Gasteiger charge is -2.23. The van der Waals surface area contributed by atoms with Gasteiger partial charge in [-0.1, -0.05) is 12.1 Å². The number of fused-ring (bicyclic) bond motifs is 1. The number of hydrogen-bond donors (Lipinski definition) is 0. The van der Waals surface area contributed by atoms with Crippen molar-refractivity contribution < 1.29 is 9.47 Å². The van der Waals surface area contributed by atoms with Crippen LogP contribution in [0.25, 0.3) is 6.08 Å². The quantitative estimate of drug-likeness (QED) is 0.626. The summed E-state index contributed by atoms with van der Waals surface area (Å²) in [5.74, 6) is 1.97. The van der Waals surface area contributed by atoms with Crippen LogP contribution in [0, 0.1) is 0 Å². The number of rotatable bonds is 4. The maximum Gasteiger partial charge on any atom is 0.126 e. The second-order valence-corrected chi connectivity index (χ2v) is 7.08. The normalized spacial score (nSPS) is 21.3. The summed E-state index contributed by atoms with van der Waals surface area (Å²) < 4.78 is 11.0. The Kier molecular flexibility index (Phi) is 6.01. The van der Waals surface area contributed by atoms with E-state index < -0.39 is 0 Å². The summed E-state index contributed by atoms with van der Waals surface area (Å²) >= 11 is 0. The minimum Gasteiger partial charge on any atom is -0.501 e. The van der Waals surface area contributed by atoms with E-state index in [9.17, 15) is 0 Å². The van der Waals surface area contributed by atoms with E-state index in [4.69, 9.17) is 9.47 Å². The predicted octanol–water partition coefficient (Wildman–Crippen LogP) is 6.01. The van der Waals surface area contributed by atoms with E-state index in [0.717, 1.165) is 24.4 Å². The van der Waals surface area contributed by atoms with Gasteiger partial charge in [0.1, 0.15) is 5.75 Å². The molecule has 0 N–H and O–H groups in total. The summed E-state index contributed by atoms with van der Waals surface area (Å²) in [6.45, 7) is 2.00. The van der Waals surface area contributed by atoms with Gasteiger partial charge >= 0.3 is 0 Å². The molecule has 0 amide bonds. The van der Waals surface area contributed by atoms with Crippen LogP contribution in [0.15, 0.2) is 41.2 Å². The summed E-state index contributed by atoms with van der Waals surface area (Å²) in [5.41, 5.74) is 7.23. The monoisotopic (exact) mass is 338 g/mol. The average Bonchev–Trinajstić information content (AvgIpc) is 2.67. The van der Waals surface area contributed by atoms with Crippen LogP contribution in [0.5, 0.6) is 5.75 Å². The first-order valence-electron chi connectivity index (χ1n) is 9.54. The standard InChI is InChI=1S/C23H30O2/c1-17(24-2)12-13-18-8-4-5-10-20(18)16-22-21-11-7-6-9-19(21)14-15-23(22)25-3/h12-16H,4-11H2,1-3H3/b17-12+,18-13-,20-16+. The Labute approximate surface area is 152 Å². The van der Waals surface area contributed by atoms with Crippen molar-refractivity contribution in [2.45, 2.75) is 58.3 Å². The number of hydrogen-bond acceptors (Lipinski definition) is 2. The van der Waals surface area contributed by atoms with Crippen LogP contribution in [-0.2, 0) is 17.6 Å². The molecule has 0 saturated heterocycles. The van der Waals surface area contributed by atoms with Crippen LogP contribution in [0.2, 0.25) is 0 Å². The Balaban J connectivity index is 2.02. The molecule has 0 bridgehead atoms. The fraction of sp³-hybridized carbons (Fsp3) is 0.478. The zero-order valence-electron chi connectivity index (χ0n) is 15.9. The highest BCUT2D eigenvalue weighted by atomic mass is 16.5. The van der Waals surface area contributed by atoms with Crippen molar-refractivity contribution in [3.8, 4) is 5.75 Å². The van der Waals surface area contributed by atoms with E-state index in [1.54, 1.807) is 14.2 Å². The molecule has 134 valence electrons. The van der Waals surface area contributed by atoms with Crippen molar-refractivity contribution in [2.24, 2.45) is 0 Å². The molecule has 0 spiro atoms.